The first-order valence-corrected chi connectivity index (χ1v) is 5.03. The van der Waals surface area contributed by atoms with Gasteiger partial charge in [-0.15, -0.1) is 0 Å². The highest BCUT2D eigenvalue weighted by atomic mass is 16.5. The topological polar surface area (TPSA) is 32.7 Å². The summed E-state index contributed by atoms with van der Waals surface area (Å²) in [5.41, 5.74) is 0.0862. The number of β-amino-alcohol motifs (C(OH)–C–C–N with tert-alkyl or cyclic N) is 1. The zero-order valence-corrected chi connectivity index (χ0v) is 8.92. The first-order valence-electron chi connectivity index (χ1n) is 5.03. The summed E-state index contributed by atoms with van der Waals surface area (Å²) in [6.45, 7) is 3.69. The molecule has 1 heterocycles. The van der Waals surface area contributed by atoms with Gasteiger partial charge in [0.25, 0.3) is 0 Å². The average Bonchev–Trinajstić information content (AvgIpc) is 2.28. The highest BCUT2D eigenvalue weighted by Crippen LogP contribution is 2.32. The van der Waals surface area contributed by atoms with E-state index in [2.05, 4.69) is 18.9 Å². The number of hydrogen-bond donors (Lipinski definition) is 1. The quantitative estimate of drug-likeness (QED) is 0.709. The number of nitrogens with zero attached hydrogens (tertiary/aromatic N) is 1. The molecule has 1 fully saturated rings. The fraction of sp³-hybridized carbons (Fsp3) is 1.00. The second kappa shape index (κ2) is 4.40. The minimum absolute atomic E-state index is 0.0862. The third-order valence-corrected chi connectivity index (χ3v) is 3.04. The highest BCUT2D eigenvalue weighted by molar-refractivity contribution is 4.97. The van der Waals surface area contributed by atoms with E-state index in [9.17, 15) is 5.11 Å². The second-order valence-corrected chi connectivity index (χ2v) is 4.15. The average molecular weight is 187 g/mol. The first-order chi connectivity index (χ1) is 6.14. The third-order valence-electron chi connectivity index (χ3n) is 3.04. The lowest BCUT2D eigenvalue weighted by atomic mass is 9.91. The molecule has 13 heavy (non-hydrogen) atoms. The molecule has 0 saturated carbocycles. The van der Waals surface area contributed by atoms with E-state index in [0.29, 0.717) is 0 Å². The molecule has 0 bridgehead atoms. The molecule has 3 heteroatoms. The van der Waals surface area contributed by atoms with E-state index in [-0.39, 0.29) is 11.6 Å². The Kier molecular flexibility index (Phi) is 3.71. The molecule has 0 aromatic rings. The van der Waals surface area contributed by atoms with Crippen LogP contribution in [0.2, 0.25) is 0 Å². The molecular weight excluding hydrogens is 166 g/mol. The summed E-state index contributed by atoms with van der Waals surface area (Å²) < 4.78 is 5.25. The van der Waals surface area contributed by atoms with E-state index < -0.39 is 0 Å². The van der Waals surface area contributed by atoms with Gasteiger partial charge in [0.15, 0.2) is 0 Å². The molecule has 1 aliphatic heterocycles. The van der Waals surface area contributed by atoms with Gasteiger partial charge < -0.3 is 9.84 Å². The van der Waals surface area contributed by atoms with E-state index >= 15 is 0 Å². The van der Waals surface area contributed by atoms with Gasteiger partial charge >= 0.3 is 0 Å². The Morgan fingerprint density at radius 1 is 1.62 bits per heavy atom. The van der Waals surface area contributed by atoms with Crippen molar-refractivity contribution in [3.05, 3.63) is 0 Å². The van der Waals surface area contributed by atoms with Crippen molar-refractivity contribution in [1.29, 1.82) is 0 Å². The SMILES string of the molecule is CCCC1(COC)CC(O)CN1C. The van der Waals surface area contributed by atoms with E-state index in [1.165, 1.54) is 0 Å². The van der Waals surface area contributed by atoms with Gasteiger partial charge in [0.1, 0.15) is 0 Å². The predicted octanol–water partition coefficient (Wildman–Crippen LogP) is 0.868. The van der Waals surface area contributed by atoms with Crippen molar-refractivity contribution in [2.45, 2.75) is 37.8 Å². The summed E-state index contributed by atoms with van der Waals surface area (Å²) in [5, 5.41) is 9.59. The van der Waals surface area contributed by atoms with Gasteiger partial charge in [-0.2, -0.15) is 0 Å². The molecule has 0 spiro atoms. The van der Waals surface area contributed by atoms with Crippen molar-refractivity contribution < 1.29 is 9.84 Å². The zero-order valence-electron chi connectivity index (χ0n) is 8.92. The van der Waals surface area contributed by atoms with Crippen molar-refractivity contribution in [2.24, 2.45) is 0 Å². The predicted molar refractivity (Wildman–Crippen MR) is 52.8 cm³/mol. The van der Waals surface area contributed by atoms with Gasteiger partial charge in [-0.1, -0.05) is 13.3 Å². The minimum Gasteiger partial charge on any atom is -0.392 e. The molecule has 2 atom stereocenters. The highest BCUT2D eigenvalue weighted by Gasteiger charge is 2.42. The first kappa shape index (κ1) is 11.0. The molecule has 2 unspecified atom stereocenters. The van der Waals surface area contributed by atoms with Gasteiger partial charge in [0, 0.05) is 19.2 Å². The van der Waals surface area contributed by atoms with Crippen LogP contribution in [0.4, 0.5) is 0 Å². The van der Waals surface area contributed by atoms with Crippen LogP contribution in [0, 0.1) is 0 Å². The molecule has 78 valence electrons. The van der Waals surface area contributed by atoms with Crippen LogP contribution >= 0.6 is 0 Å². The molecule has 0 aliphatic carbocycles. The third kappa shape index (κ3) is 2.22. The van der Waals surface area contributed by atoms with Gasteiger partial charge in [0.05, 0.1) is 12.7 Å². The van der Waals surface area contributed by atoms with Crippen LogP contribution in [-0.4, -0.2) is 49.0 Å². The maximum absolute atomic E-state index is 9.59. The number of rotatable bonds is 4. The Hall–Kier alpha value is -0.120. The van der Waals surface area contributed by atoms with Crippen molar-refractivity contribution in [3.8, 4) is 0 Å². The van der Waals surface area contributed by atoms with E-state index in [1.807, 2.05) is 0 Å². The summed E-state index contributed by atoms with van der Waals surface area (Å²) in [6, 6.07) is 0. The van der Waals surface area contributed by atoms with Crippen molar-refractivity contribution >= 4 is 0 Å². The number of aliphatic hydroxyl groups excluding tert-OH is 1. The number of likely N-dealkylation sites (N-methyl/N-ethyl adjacent to an activating group) is 1. The van der Waals surface area contributed by atoms with E-state index in [4.69, 9.17) is 4.74 Å². The van der Waals surface area contributed by atoms with Crippen molar-refractivity contribution in [1.82, 2.24) is 4.90 Å². The largest absolute Gasteiger partial charge is 0.392 e. The number of ether oxygens (including phenoxy) is 1. The molecule has 1 rings (SSSR count). The van der Waals surface area contributed by atoms with E-state index in [0.717, 1.165) is 32.4 Å². The summed E-state index contributed by atoms with van der Waals surface area (Å²) in [5.74, 6) is 0. The monoisotopic (exact) mass is 187 g/mol. The Bertz CT molecular complexity index is 155. The van der Waals surface area contributed by atoms with Crippen molar-refractivity contribution in [3.63, 3.8) is 0 Å². The molecule has 0 amide bonds. The molecule has 0 aromatic heterocycles. The zero-order chi connectivity index (χ0) is 9.90. The van der Waals surface area contributed by atoms with E-state index in [1.54, 1.807) is 7.11 Å². The standard InChI is InChI=1S/C10H21NO2/c1-4-5-10(8-13-3)6-9(12)7-11(10)2/h9,12H,4-8H2,1-3H3. The van der Waals surface area contributed by atoms with Crippen LogP contribution in [0.5, 0.6) is 0 Å². The Morgan fingerprint density at radius 3 is 2.69 bits per heavy atom. The van der Waals surface area contributed by atoms with Crippen LogP contribution in [0.15, 0.2) is 0 Å². The fourth-order valence-electron chi connectivity index (χ4n) is 2.44. The van der Waals surface area contributed by atoms with Crippen molar-refractivity contribution in [2.75, 3.05) is 27.3 Å². The molecule has 1 saturated heterocycles. The molecule has 1 N–H and O–H groups in total. The lowest BCUT2D eigenvalue weighted by Crippen LogP contribution is -2.45. The number of likely N-dealkylation sites (tertiary alicyclic amines) is 1. The van der Waals surface area contributed by atoms with Gasteiger partial charge in [-0.25, -0.2) is 0 Å². The number of hydrogen-bond acceptors (Lipinski definition) is 3. The maximum atomic E-state index is 9.59. The van der Waals surface area contributed by atoms with Crippen LogP contribution in [-0.2, 0) is 4.74 Å². The lowest BCUT2D eigenvalue weighted by Gasteiger charge is -2.35. The van der Waals surface area contributed by atoms with Gasteiger partial charge in [0.2, 0.25) is 0 Å². The number of aliphatic hydroxyl groups is 1. The maximum Gasteiger partial charge on any atom is 0.0685 e. The summed E-state index contributed by atoms with van der Waals surface area (Å²) in [7, 11) is 3.81. The fourth-order valence-corrected chi connectivity index (χ4v) is 2.44. The number of methoxy groups -OCH3 is 1. The molecule has 0 radical (unpaired) electrons. The van der Waals surface area contributed by atoms with Gasteiger partial charge in [-0.05, 0) is 19.9 Å². The lowest BCUT2D eigenvalue weighted by molar-refractivity contribution is 0.0452. The Labute approximate surface area is 80.7 Å². The molecule has 3 nitrogen and oxygen atoms in total. The second-order valence-electron chi connectivity index (χ2n) is 4.15. The smallest absolute Gasteiger partial charge is 0.0685 e. The molecular formula is C10H21NO2. The van der Waals surface area contributed by atoms with Crippen LogP contribution < -0.4 is 0 Å². The molecule has 1 aliphatic rings. The Balaban J connectivity index is 2.65. The van der Waals surface area contributed by atoms with Crippen LogP contribution in [0.1, 0.15) is 26.2 Å². The Morgan fingerprint density at radius 2 is 2.31 bits per heavy atom. The summed E-state index contributed by atoms with van der Waals surface area (Å²) in [6.07, 6.45) is 2.92. The van der Waals surface area contributed by atoms with Gasteiger partial charge in [-0.3, -0.25) is 4.90 Å². The normalized spacial score (nSPS) is 35.5. The molecule has 0 aromatic carbocycles. The summed E-state index contributed by atoms with van der Waals surface area (Å²) >= 11 is 0. The van der Waals surface area contributed by atoms with Crippen LogP contribution in [0.25, 0.3) is 0 Å². The minimum atomic E-state index is -0.174. The summed E-state index contributed by atoms with van der Waals surface area (Å²) in [4.78, 5) is 2.24. The van der Waals surface area contributed by atoms with Crippen LogP contribution in [0.3, 0.4) is 0 Å².